The van der Waals surface area contributed by atoms with Crippen LogP contribution >= 0.6 is 0 Å². The summed E-state index contributed by atoms with van der Waals surface area (Å²) in [6.07, 6.45) is 1.05. The Balaban J connectivity index is 1.95. The Hall–Kier alpha value is -1.55. The molecule has 19 heavy (non-hydrogen) atoms. The van der Waals surface area contributed by atoms with Gasteiger partial charge in [-0.15, -0.1) is 0 Å². The van der Waals surface area contributed by atoms with Gasteiger partial charge in [0.2, 0.25) is 0 Å². The van der Waals surface area contributed by atoms with Crippen LogP contribution in [-0.2, 0) is 0 Å². The van der Waals surface area contributed by atoms with E-state index in [-0.39, 0.29) is 6.10 Å². The van der Waals surface area contributed by atoms with Crippen molar-refractivity contribution in [2.45, 2.75) is 26.4 Å². The highest BCUT2D eigenvalue weighted by molar-refractivity contribution is 5.91. The summed E-state index contributed by atoms with van der Waals surface area (Å²) < 4.78 is 6.11. The monoisotopic (exact) mass is 259 g/mol. The molecule has 0 amide bonds. The Labute approximate surface area is 114 Å². The van der Waals surface area contributed by atoms with E-state index in [4.69, 9.17) is 9.73 Å². The molecule has 102 valence electrons. The molecule has 0 radical (unpaired) electrons. The first-order valence-electron chi connectivity index (χ1n) is 7.09. The molecular formula is C15H21N3O. The average molecular weight is 259 g/mol. The quantitative estimate of drug-likeness (QED) is 0.839. The van der Waals surface area contributed by atoms with Crippen molar-refractivity contribution in [3.8, 4) is 5.75 Å². The first-order valence-corrected chi connectivity index (χ1v) is 7.09. The Morgan fingerprint density at radius 1 is 1.37 bits per heavy atom. The number of hydrogen-bond donors (Lipinski definition) is 1. The zero-order chi connectivity index (χ0) is 13.2. The van der Waals surface area contributed by atoms with Crippen molar-refractivity contribution in [1.82, 2.24) is 10.2 Å². The zero-order valence-electron chi connectivity index (χ0n) is 11.6. The molecule has 0 saturated carbocycles. The molecule has 4 nitrogen and oxygen atoms in total. The van der Waals surface area contributed by atoms with Crippen LogP contribution in [0.2, 0.25) is 0 Å². The molecule has 2 aliphatic rings. The number of rotatable bonds is 1. The first-order chi connectivity index (χ1) is 9.28. The summed E-state index contributed by atoms with van der Waals surface area (Å²) in [4.78, 5) is 7.23. The molecule has 1 aromatic rings. The number of aryl methyl sites for hydroxylation is 1. The van der Waals surface area contributed by atoms with Crippen molar-refractivity contribution >= 4 is 11.5 Å². The summed E-state index contributed by atoms with van der Waals surface area (Å²) in [5.74, 6) is 2.01. The van der Waals surface area contributed by atoms with Gasteiger partial charge in [0.1, 0.15) is 17.3 Å². The molecule has 1 atom stereocenters. The molecular weight excluding hydrogens is 238 g/mol. The van der Waals surface area contributed by atoms with Crippen molar-refractivity contribution in [1.29, 1.82) is 0 Å². The molecule has 1 fully saturated rings. The summed E-state index contributed by atoms with van der Waals surface area (Å²) in [6.45, 7) is 8.32. The number of amidine groups is 1. The Morgan fingerprint density at radius 3 is 2.89 bits per heavy atom. The van der Waals surface area contributed by atoms with Crippen LogP contribution in [-0.4, -0.2) is 43.0 Å². The van der Waals surface area contributed by atoms with E-state index in [2.05, 4.69) is 36.2 Å². The fraction of sp³-hybridized carbons (Fsp3) is 0.533. The SMILES string of the molecule is CCC1Oc2ccc(C)cc2N=C1N1CCNCC1. The molecule has 0 aromatic heterocycles. The summed E-state index contributed by atoms with van der Waals surface area (Å²) >= 11 is 0. The van der Waals surface area contributed by atoms with Gasteiger partial charge in [-0.25, -0.2) is 4.99 Å². The molecule has 0 spiro atoms. The van der Waals surface area contributed by atoms with Crippen LogP contribution in [0.4, 0.5) is 5.69 Å². The van der Waals surface area contributed by atoms with Gasteiger partial charge in [0.05, 0.1) is 0 Å². The van der Waals surface area contributed by atoms with E-state index in [1.807, 2.05) is 6.07 Å². The second-order valence-electron chi connectivity index (χ2n) is 5.19. The third-order valence-electron chi connectivity index (χ3n) is 3.72. The smallest absolute Gasteiger partial charge is 0.156 e. The van der Waals surface area contributed by atoms with Gasteiger partial charge >= 0.3 is 0 Å². The summed E-state index contributed by atoms with van der Waals surface area (Å²) in [6, 6.07) is 6.21. The van der Waals surface area contributed by atoms with E-state index >= 15 is 0 Å². The predicted molar refractivity (Wildman–Crippen MR) is 77.4 cm³/mol. The van der Waals surface area contributed by atoms with Gasteiger partial charge in [0, 0.05) is 26.2 Å². The second-order valence-corrected chi connectivity index (χ2v) is 5.19. The van der Waals surface area contributed by atoms with Crippen molar-refractivity contribution in [2.24, 2.45) is 4.99 Å². The number of aliphatic imine (C=N–C) groups is 1. The maximum Gasteiger partial charge on any atom is 0.156 e. The van der Waals surface area contributed by atoms with Crippen LogP contribution in [0.25, 0.3) is 0 Å². The molecule has 2 heterocycles. The standard InChI is InChI=1S/C15H21N3O/c1-3-13-15(18-8-6-16-7-9-18)17-12-10-11(2)4-5-14(12)19-13/h4-5,10,13,16H,3,6-9H2,1-2H3. The van der Waals surface area contributed by atoms with Crippen LogP contribution in [0, 0.1) is 6.92 Å². The van der Waals surface area contributed by atoms with Gasteiger partial charge in [-0.05, 0) is 31.0 Å². The number of benzene rings is 1. The van der Waals surface area contributed by atoms with Crippen molar-refractivity contribution in [2.75, 3.05) is 26.2 Å². The van der Waals surface area contributed by atoms with Crippen LogP contribution < -0.4 is 10.1 Å². The molecule has 1 N–H and O–H groups in total. The van der Waals surface area contributed by atoms with E-state index in [0.717, 1.165) is 49.9 Å². The third-order valence-corrected chi connectivity index (χ3v) is 3.72. The van der Waals surface area contributed by atoms with Crippen molar-refractivity contribution < 1.29 is 4.74 Å². The van der Waals surface area contributed by atoms with Crippen LogP contribution in [0.5, 0.6) is 5.75 Å². The van der Waals surface area contributed by atoms with Crippen molar-refractivity contribution in [3.63, 3.8) is 0 Å². The van der Waals surface area contributed by atoms with E-state index < -0.39 is 0 Å². The third kappa shape index (κ3) is 2.45. The Bertz CT molecular complexity index is 492. The summed E-state index contributed by atoms with van der Waals surface area (Å²) in [7, 11) is 0. The molecule has 2 aliphatic heterocycles. The number of ether oxygens (including phenoxy) is 1. The number of fused-ring (bicyclic) bond motifs is 1. The summed E-state index contributed by atoms with van der Waals surface area (Å²) in [5.41, 5.74) is 2.19. The molecule has 1 aromatic carbocycles. The summed E-state index contributed by atoms with van der Waals surface area (Å²) in [5, 5.41) is 3.38. The lowest BCUT2D eigenvalue weighted by atomic mass is 10.1. The van der Waals surface area contributed by atoms with E-state index in [0.29, 0.717) is 0 Å². The second kappa shape index (κ2) is 5.21. The maximum absolute atomic E-state index is 6.11. The minimum absolute atomic E-state index is 0.0910. The van der Waals surface area contributed by atoms with Crippen LogP contribution in [0.1, 0.15) is 18.9 Å². The zero-order valence-corrected chi connectivity index (χ0v) is 11.6. The van der Waals surface area contributed by atoms with Gasteiger partial charge < -0.3 is 15.0 Å². The lowest BCUT2D eigenvalue weighted by Crippen LogP contribution is -2.51. The van der Waals surface area contributed by atoms with E-state index in [1.165, 1.54) is 5.56 Å². The van der Waals surface area contributed by atoms with Gasteiger partial charge in [-0.1, -0.05) is 13.0 Å². The minimum atomic E-state index is 0.0910. The fourth-order valence-electron chi connectivity index (χ4n) is 2.65. The molecule has 1 saturated heterocycles. The topological polar surface area (TPSA) is 36.9 Å². The highest BCUT2D eigenvalue weighted by Crippen LogP contribution is 2.34. The molecule has 0 bridgehead atoms. The number of piperazine rings is 1. The highest BCUT2D eigenvalue weighted by atomic mass is 16.5. The van der Waals surface area contributed by atoms with E-state index in [1.54, 1.807) is 0 Å². The molecule has 3 rings (SSSR count). The van der Waals surface area contributed by atoms with Gasteiger partial charge in [0.25, 0.3) is 0 Å². The van der Waals surface area contributed by atoms with Gasteiger partial charge in [-0.3, -0.25) is 0 Å². The van der Waals surface area contributed by atoms with Gasteiger partial charge in [0.15, 0.2) is 6.10 Å². The predicted octanol–water partition coefficient (Wildman–Crippen LogP) is 2.10. The number of nitrogens with zero attached hydrogens (tertiary/aromatic N) is 2. The van der Waals surface area contributed by atoms with Crippen LogP contribution in [0.15, 0.2) is 23.2 Å². The average Bonchev–Trinajstić information content (AvgIpc) is 2.46. The van der Waals surface area contributed by atoms with Crippen LogP contribution in [0.3, 0.4) is 0 Å². The molecule has 0 aliphatic carbocycles. The normalized spacial score (nSPS) is 22.5. The maximum atomic E-state index is 6.11. The van der Waals surface area contributed by atoms with E-state index in [9.17, 15) is 0 Å². The largest absolute Gasteiger partial charge is 0.480 e. The number of nitrogens with one attached hydrogen (secondary N) is 1. The minimum Gasteiger partial charge on any atom is -0.480 e. The molecule has 4 heteroatoms. The first kappa shape index (κ1) is 12.5. The molecule has 1 unspecified atom stereocenters. The number of hydrogen-bond acceptors (Lipinski definition) is 4. The fourth-order valence-corrected chi connectivity index (χ4v) is 2.65. The highest BCUT2D eigenvalue weighted by Gasteiger charge is 2.28. The Morgan fingerprint density at radius 2 is 2.16 bits per heavy atom. The Kier molecular flexibility index (Phi) is 3.42. The van der Waals surface area contributed by atoms with Crippen molar-refractivity contribution in [3.05, 3.63) is 23.8 Å². The lowest BCUT2D eigenvalue weighted by molar-refractivity contribution is 0.226. The lowest BCUT2D eigenvalue weighted by Gasteiger charge is -2.36. The van der Waals surface area contributed by atoms with Gasteiger partial charge in [-0.2, -0.15) is 0 Å².